The number of methoxy groups -OCH3 is 1. The molecule has 0 saturated heterocycles. The summed E-state index contributed by atoms with van der Waals surface area (Å²) in [7, 11) is 1.63. The summed E-state index contributed by atoms with van der Waals surface area (Å²) < 4.78 is 6.69. The Morgan fingerprint density at radius 1 is 1.43 bits per heavy atom. The number of nitrogens with zero attached hydrogens (tertiary/aromatic N) is 2. The van der Waals surface area contributed by atoms with Crippen LogP contribution in [0.15, 0.2) is 28.6 Å². The van der Waals surface area contributed by atoms with Gasteiger partial charge in [-0.1, -0.05) is 13.0 Å². The van der Waals surface area contributed by atoms with Gasteiger partial charge >= 0.3 is 0 Å². The third-order valence-corrected chi connectivity index (χ3v) is 5.51. The van der Waals surface area contributed by atoms with E-state index in [1.54, 1.807) is 40.7 Å². The van der Waals surface area contributed by atoms with E-state index in [0.29, 0.717) is 13.2 Å². The highest BCUT2D eigenvalue weighted by atomic mass is 32.1. The molecular weight excluding hydrogens is 304 g/mol. The Kier molecular flexibility index (Phi) is 4.19. The van der Waals surface area contributed by atoms with Gasteiger partial charge in [0.2, 0.25) is 0 Å². The molecule has 3 aromatic rings. The number of aromatic nitrogens is 2. The van der Waals surface area contributed by atoms with Crippen molar-refractivity contribution < 1.29 is 4.74 Å². The molecule has 0 unspecified atom stereocenters. The fourth-order valence-corrected chi connectivity index (χ4v) is 4.30. The van der Waals surface area contributed by atoms with Gasteiger partial charge < -0.3 is 4.74 Å². The SMILES string of the molecule is CCc1sc2ncn(CCOC)c(=O)c2c1-c1cccs1. The molecule has 21 heavy (non-hydrogen) atoms. The molecule has 0 saturated carbocycles. The monoisotopic (exact) mass is 320 g/mol. The van der Waals surface area contributed by atoms with Crippen LogP contribution in [0.1, 0.15) is 11.8 Å². The molecule has 3 rings (SSSR count). The minimum Gasteiger partial charge on any atom is -0.383 e. The summed E-state index contributed by atoms with van der Waals surface area (Å²) in [4.78, 5) is 20.4. The second kappa shape index (κ2) is 6.09. The van der Waals surface area contributed by atoms with Crippen molar-refractivity contribution in [2.75, 3.05) is 13.7 Å². The second-order valence-corrected chi connectivity index (χ2v) is 6.68. The topological polar surface area (TPSA) is 44.1 Å². The number of ether oxygens (including phenoxy) is 1. The van der Waals surface area contributed by atoms with Gasteiger partial charge in [-0.05, 0) is 17.9 Å². The summed E-state index contributed by atoms with van der Waals surface area (Å²) in [6, 6.07) is 4.08. The van der Waals surface area contributed by atoms with Crippen molar-refractivity contribution in [3.05, 3.63) is 39.1 Å². The zero-order valence-corrected chi connectivity index (χ0v) is 13.6. The zero-order chi connectivity index (χ0) is 14.8. The molecule has 3 heterocycles. The first-order valence-corrected chi connectivity index (χ1v) is 8.49. The Hall–Kier alpha value is -1.50. The highest BCUT2D eigenvalue weighted by molar-refractivity contribution is 7.20. The Morgan fingerprint density at radius 2 is 2.29 bits per heavy atom. The van der Waals surface area contributed by atoms with Crippen LogP contribution in [0.4, 0.5) is 0 Å². The largest absolute Gasteiger partial charge is 0.383 e. The normalized spacial score (nSPS) is 11.3. The van der Waals surface area contributed by atoms with E-state index in [4.69, 9.17) is 4.74 Å². The molecule has 0 bridgehead atoms. The lowest BCUT2D eigenvalue weighted by Gasteiger charge is -2.05. The zero-order valence-electron chi connectivity index (χ0n) is 12.0. The predicted molar refractivity (Wildman–Crippen MR) is 88.4 cm³/mol. The first kappa shape index (κ1) is 14.4. The molecule has 110 valence electrons. The standard InChI is InChI=1S/C15H16N2O2S2/c1-3-10-12(11-5-4-8-20-11)13-14(21-10)16-9-17(15(13)18)6-7-19-2/h4-5,8-9H,3,6-7H2,1-2H3. The molecule has 0 aliphatic heterocycles. The minimum absolute atomic E-state index is 0.0244. The van der Waals surface area contributed by atoms with Crippen LogP contribution in [0.3, 0.4) is 0 Å². The van der Waals surface area contributed by atoms with Crippen molar-refractivity contribution in [3.63, 3.8) is 0 Å². The first-order chi connectivity index (χ1) is 10.3. The maximum Gasteiger partial charge on any atom is 0.262 e. The lowest BCUT2D eigenvalue weighted by atomic mass is 10.1. The second-order valence-electron chi connectivity index (χ2n) is 4.65. The van der Waals surface area contributed by atoms with Crippen molar-refractivity contribution in [2.45, 2.75) is 19.9 Å². The molecule has 0 amide bonds. The van der Waals surface area contributed by atoms with Crippen LogP contribution in [0.25, 0.3) is 20.7 Å². The summed E-state index contributed by atoms with van der Waals surface area (Å²) in [6.07, 6.45) is 2.53. The van der Waals surface area contributed by atoms with E-state index in [1.807, 2.05) is 11.4 Å². The number of hydrogen-bond donors (Lipinski definition) is 0. The molecule has 0 aromatic carbocycles. The maximum atomic E-state index is 12.8. The molecule has 0 aliphatic rings. The lowest BCUT2D eigenvalue weighted by molar-refractivity contribution is 0.186. The number of thiophene rings is 2. The van der Waals surface area contributed by atoms with Crippen LogP contribution in [-0.2, 0) is 17.7 Å². The molecule has 0 radical (unpaired) electrons. The smallest absolute Gasteiger partial charge is 0.262 e. The Labute approximate surface area is 130 Å². The molecule has 4 nitrogen and oxygen atoms in total. The van der Waals surface area contributed by atoms with Crippen LogP contribution in [0.5, 0.6) is 0 Å². The molecular formula is C15H16N2O2S2. The Morgan fingerprint density at radius 3 is 2.95 bits per heavy atom. The number of rotatable bonds is 5. The number of aryl methyl sites for hydroxylation is 1. The number of fused-ring (bicyclic) bond motifs is 1. The van der Waals surface area contributed by atoms with Gasteiger partial charge in [0, 0.05) is 22.4 Å². The summed E-state index contributed by atoms with van der Waals surface area (Å²) in [6.45, 7) is 3.15. The van der Waals surface area contributed by atoms with Gasteiger partial charge in [-0.3, -0.25) is 9.36 Å². The Balaban J connectivity index is 2.26. The van der Waals surface area contributed by atoms with Crippen LogP contribution < -0.4 is 5.56 Å². The van der Waals surface area contributed by atoms with E-state index in [-0.39, 0.29) is 5.56 Å². The highest BCUT2D eigenvalue weighted by Crippen LogP contribution is 2.38. The fourth-order valence-electron chi connectivity index (χ4n) is 2.35. The van der Waals surface area contributed by atoms with Gasteiger partial charge in [0.1, 0.15) is 4.83 Å². The quantitative estimate of drug-likeness (QED) is 0.724. The van der Waals surface area contributed by atoms with E-state index >= 15 is 0 Å². The average molecular weight is 320 g/mol. The van der Waals surface area contributed by atoms with Crippen LogP contribution in [-0.4, -0.2) is 23.3 Å². The van der Waals surface area contributed by atoms with Crippen molar-refractivity contribution in [1.82, 2.24) is 9.55 Å². The molecule has 6 heteroatoms. The molecule has 0 N–H and O–H groups in total. The van der Waals surface area contributed by atoms with Crippen LogP contribution in [0.2, 0.25) is 0 Å². The molecule has 0 aliphatic carbocycles. The minimum atomic E-state index is 0.0244. The molecule has 3 aromatic heterocycles. The summed E-state index contributed by atoms with van der Waals surface area (Å²) in [5.74, 6) is 0. The highest BCUT2D eigenvalue weighted by Gasteiger charge is 2.18. The summed E-state index contributed by atoms with van der Waals surface area (Å²) in [5.41, 5.74) is 1.09. The Bertz CT molecular complexity index is 803. The van der Waals surface area contributed by atoms with Crippen LogP contribution >= 0.6 is 22.7 Å². The average Bonchev–Trinajstić information content (AvgIpc) is 3.13. The molecule has 0 spiro atoms. The van der Waals surface area contributed by atoms with E-state index in [1.165, 1.54) is 4.88 Å². The lowest BCUT2D eigenvalue weighted by Crippen LogP contribution is -2.22. The van der Waals surface area contributed by atoms with Crippen molar-refractivity contribution >= 4 is 32.9 Å². The summed E-state index contributed by atoms with van der Waals surface area (Å²) in [5, 5.41) is 2.79. The van der Waals surface area contributed by atoms with Gasteiger partial charge in [-0.2, -0.15) is 0 Å². The van der Waals surface area contributed by atoms with Gasteiger partial charge in [0.15, 0.2) is 0 Å². The molecule has 0 fully saturated rings. The van der Waals surface area contributed by atoms with E-state index in [0.717, 1.165) is 27.1 Å². The van der Waals surface area contributed by atoms with Gasteiger partial charge in [-0.15, -0.1) is 22.7 Å². The number of hydrogen-bond acceptors (Lipinski definition) is 5. The fraction of sp³-hybridized carbons (Fsp3) is 0.333. The van der Waals surface area contributed by atoms with Gasteiger partial charge in [0.05, 0.1) is 24.9 Å². The third-order valence-electron chi connectivity index (χ3n) is 3.38. The third kappa shape index (κ3) is 2.54. The van der Waals surface area contributed by atoms with E-state index in [2.05, 4.69) is 18.0 Å². The van der Waals surface area contributed by atoms with Crippen molar-refractivity contribution in [3.8, 4) is 10.4 Å². The van der Waals surface area contributed by atoms with Gasteiger partial charge in [-0.25, -0.2) is 4.98 Å². The van der Waals surface area contributed by atoms with Gasteiger partial charge in [0.25, 0.3) is 5.56 Å². The van der Waals surface area contributed by atoms with E-state index in [9.17, 15) is 4.79 Å². The first-order valence-electron chi connectivity index (χ1n) is 6.79. The van der Waals surface area contributed by atoms with E-state index < -0.39 is 0 Å². The van der Waals surface area contributed by atoms with Crippen molar-refractivity contribution in [1.29, 1.82) is 0 Å². The maximum absolute atomic E-state index is 12.8. The van der Waals surface area contributed by atoms with Crippen LogP contribution in [0, 0.1) is 0 Å². The summed E-state index contributed by atoms with van der Waals surface area (Å²) >= 11 is 3.28. The predicted octanol–water partition coefficient (Wildman–Crippen LogP) is 3.40. The van der Waals surface area contributed by atoms with Crippen molar-refractivity contribution in [2.24, 2.45) is 0 Å². The molecule has 0 atom stereocenters.